The van der Waals surface area contributed by atoms with Crippen molar-refractivity contribution in [2.24, 2.45) is 0 Å². The topological polar surface area (TPSA) is 61.4 Å². The number of hydrogen-bond donors (Lipinski definition) is 0. The van der Waals surface area contributed by atoms with Gasteiger partial charge < -0.3 is 0 Å². The molecule has 6 aromatic carbocycles. The number of rotatable bonds is 7. The van der Waals surface area contributed by atoms with Gasteiger partial charge in [0.1, 0.15) is 11.6 Å². The molecule has 0 spiro atoms. The van der Waals surface area contributed by atoms with Gasteiger partial charge in [-0.15, -0.1) is 0 Å². The zero-order valence-electron chi connectivity index (χ0n) is 31.0. The Labute approximate surface area is 325 Å². The Kier molecular flexibility index (Phi) is 8.15. The molecule has 56 heavy (non-hydrogen) atoms. The molecule has 4 aromatic heterocycles. The molecule has 266 valence electrons. The van der Waals surface area contributed by atoms with Crippen LogP contribution in [0.25, 0.3) is 89.1 Å². The van der Waals surface area contributed by atoms with Crippen molar-refractivity contribution in [3.8, 4) is 67.0 Å². The van der Waals surface area contributed by atoms with Crippen molar-refractivity contribution in [3.63, 3.8) is 0 Å². The molecule has 4 heterocycles. The van der Waals surface area contributed by atoms with Crippen molar-refractivity contribution in [3.05, 3.63) is 194 Å². The summed E-state index contributed by atoms with van der Waals surface area (Å²) in [7, 11) is 0. The highest BCUT2D eigenvalue weighted by molar-refractivity contribution is 5.98. The average Bonchev–Trinajstić information content (AvgIpc) is 3.78. The first-order chi connectivity index (χ1) is 27.6. The van der Waals surface area contributed by atoms with Crippen LogP contribution in [0.2, 0.25) is 0 Å². The van der Waals surface area contributed by atoms with Crippen molar-refractivity contribution in [1.29, 1.82) is 0 Å². The van der Waals surface area contributed by atoms with E-state index in [2.05, 4.69) is 179 Å². The van der Waals surface area contributed by atoms with E-state index < -0.39 is 0 Å². The zero-order valence-corrected chi connectivity index (χ0v) is 31.0. The largest absolute Gasteiger partial charge is 0.297 e. The molecular formula is C50H36N6. The van der Waals surface area contributed by atoms with Crippen LogP contribution in [0, 0.1) is 13.8 Å². The molecule has 0 N–H and O–H groups in total. The molecule has 0 aliphatic rings. The van der Waals surface area contributed by atoms with E-state index >= 15 is 0 Å². The summed E-state index contributed by atoms with van der Waals surface area (Å²) in [6, 6.07) is 55.5. The lowest BCUT2D eigenvalue weighted by atomic mass is 9.87. The molecule has 0 amide bonds. The molecule has 6 nitrogen and oxygen atoms in total. The fraction of sp³-hybridized carbons (Fsp3) is 0.0400. The third-order valence-corrected chi connectivity index (χ3v) is 10.7. The smallest absolute Gasteiger partial charge is 0.111 e. The van der Waals surface area contributed by atoms with E-state index in [0.717, 1.165) is 101 Å². The van der Waals surface area contributed by atoms with Gasteiger partial charge in [-0.05, 0) is 119 Å². The fourth-order valence-corrected chi connectivity index (χ4v) is 8.20. The van der Waals surface area contributed by atoms with E-state index in [1.54, 1.807) is 0 Å². The molecule has 10 rings (SSSR count). The van der Waals surface area contributed by atoms with Gasteiger partial charge in [-0.3, -0.25) is 19.1 Å². The second kappa shape index (κ2) is 13.8. The molecular weight excluding hydrogens is 685 g/mol. The summed E-state index contributed by atoms with van der Waals surface area (Å²) < 4.78 is 4.46. The lowest BCUT2D eigenvalue weighted by molar-refractivity contribution is 1.00. The molecule has 0 aliphatic heterocycles. The molecule has 0 bridgehead atoms. The Bertz CT molecular complexity index is 2870. The van der Waals surface area contributed by atoms with Gasteiger partial charge in [0.2, 0.25) is 0 Å². The average molecular weight is 721 g/mol. The van der Waals surface area contributed by atoms with Crippen molar-refractivity contribution < 1.29 is 0 Å². The summed E-state index contributed by atoms with van der Waals surface area (Å²) in [6.07, 6.45) is 7.70. The van der Waals surface area contributed by atoms with Gasteiger partial charge in [0, 0.05) is 47.3 Å². The monoisotopic (exact) mass is 720 g/mol. The number of pyridine rings is 2. The minimum atomic E-state index is 0.953. The molecule has 0 saturated carbocycles. The number of fused-ring (bicyclic) bond motifs is 2. The number of imidazole rings is 2. The first-order valence-corrected chi connectivity index (χ1v) is 18.8. The van der Waals surface area contributed by atoms with Gasteiger partial charge in [-0.1, -0.05) is 97.1 Å². The van der Waals surface area contributed by atoms with Crippen LogP contribution in [0.3, 0.4) is 0 Å². The fourth-order valence-electron chi connectivity index (χ4n) is 8.20. The molecule has 0 atom stereocenters. The molecule has 0 saturated heterocycles. The van der Waals surface area contributed by atoms with Crippen LogP contribution in [-0.2, 0) is 0 Å². The van der Waals surface area contributed by atoms with Crippen LogP contribution in [-0.4, -0.2) is 29.1 Å². The first kappa shape index (κ1) is 33.2. The molecule has 0 radical (unpaired) electrons. The van der Waals surface area contributed by atoms with Crippen LogP contribution < -0.4 is 0 Å². The summed E-state index contributed by atoms with van der Waals surface area (Å²) in [4.78, 5) is 19.0. The highest BCUT2D eigenvalue weighted by atomic mass is 15.1. The quantitative estimate of drug-likeness (QED) is 0.164. The van der Waals surface area contributed by atoms with E-state index in [0.29, 0.717) is 0 Å². The Morgan fingerprint density at radius 3 is 1.21 bits per heavy atom. The standard InChI is InChI=1S/C50H36N6/c1-33-53-47-21-7-9-23-49(47)55(33)37-15-11-13-35(29-37)39-17-3-5-19-41(39)43-25-27-51-31-45(43)46-32-52-28-26-44(46)42-20-6-4-18-40(42)36-14-12-16-38(30-36)56-34(2)54-48-22-8-10-24-50(48)56/h3-32H,1-2H3. The second-order valence-corrected chi connectivity index (χ2v) is 14.0. The zero-order chi connectivity index (χ0) is 37.6. The van der Waals surface area contributed by atoms with Crippen LogP contribution in [0.5, 0.6) is 0 Å². The van der Waals surface area contributed by atoms with Crippen molar-refractivity contribution in [2.75, 3.05) is 0 Å². The number of para-hydroxylation sites is 4. The van der Waals surface area contributed by atoms with E-state index in [-0.39, 0.29) is 0 Å². The number of hydrogen-bond acceptors (Lipinski definition) is 4. The predicted molar refractivity (Wildman–Crippen MR) is 228 cm³/mol. The summed E-state index contributed by atoms with van der Waals surface area (Å²) in [5.41, 5.74) is 17.2. The maximum atomic E-state index is 4.84. The number of benzene rings is 6. The lowest BCUT2D eigenvalue weighted by Crippen LogP contribution is -1.98. The highest BCUT2D eigenvalue weighted by Gasteiger charge is 2.19. The highest BCUT2D eigenvalue weighted by Crippen LogP contribution is 2.43. The van der Waals surface area contributed by atoms with Gasteiger partial charge >= 0.3 is 0 Å². The maximum Gasteiger partial charge on any atom is 0.111 e. The normalized spacial score (nSPS) is 11.4. The molecule has 0 unspecified atom stereocenters. The molecule has 0 fully saturated rings. The van der Waals surface area contributed by atoms with Crippen molar-refractivity contribution in [2.45, 2.75) is 13.8 Å². The molecule has 10 aromatic rings. The van der Waals surface area contributed by atoms with E-state index in [4.69, 9.17) is 9.97 Å². The Hall–Kier alpha value is -7.44. The minimum Gasteiger partial charge on any atom is -0.297 e. The van der Waals surface area contributed by atoms with Crippen LogP contribution in [0.1, 0.15) is 11.6 Å². The number of nitrogens with zero attached hydrogens (tertiary/aromatic N) is 6. The third-order valence-electron chi connectivity index (χ3n) is 10.7. The van der Waals surface area contributed by atoms with E-state index in [9.17, 15) is 0 Å². The molecule has 6 heteroatoms. The lowest BCUT2D eigenvalue weighted by Gasteiger charge is -2.18. The number of aromatic nitrogens is 6. The van der Waals surface area contributed by atoms with Gasteiger partial charge in [0.15, 0.2) is 0 Å². The summed E-state index contributed by atoms with van der Waals surface area (Å²) in [5.74, 6) is 1.91. The summed E-state index contributed by atoms with van der Waals surface area (Å²) >= 11 is 0. The van der Waals surface area contributed by atoms with E-state index in [1.165, 1.54) is 0 Å². The summed E-state index contributed by atoms with van der Waals surface area (Å²) in [5, 5.41) is 0. The Morgan fingerprint density at radius 1 is 0.357 bits per heavy atom. The Balaban J connectivity index is 1.09. The summed E-state index contributed by atoms with van der Waals surface area (Å²) in [6.45, 7) is 4.12. The van der Waals surface area contributed by atoms with Crippen LogP contribution >= 0.6 is 0 Å². The maximum absolute atomic E-state index is 4.84. The van der Waals surface area contributed by atoms with Gasteiger partial charge in [0.25, 0.3) is 0 Å². The number of aryl methyl sites for hydroxylation is 2. The van der Waals surface area contributed by atoms with Crippen molar-refractivity contribution >= 4 is 22.1 Å². The predicted octanol–water partition coefficient (Wildman–Crippen LogP) is 12.1. The Morgan fingerprint density at radius 2 is 0.750 bits per heavy atom. The van der Waals surface area contributed by atoms with Crippen molar-refractivity contribution in [1.82, 2.24) is 29.1 Å². The van der Waals surface area contributed by atoms with Gasteiger partial charge in [-0.2, -0.15) is 0 Å². The third kappa shape index (κ3) is 5.67. The first-order valence-electron chi connectivity index (χ1n) is 18.8. The SMILES string of the molecule is Cc1nc2ccccc2n1-c1cccc(-c2ccccc2-c2ccncc2-c2cnccc2-c2ccccc2-c2cccc(-n3c(C)nc4ccccc43)c2)c1. The molecule has 0 aliphatic carbocycles. The van der Waals surface area contributed by atoms with Gasteiger partial charge in [0.05, 0.1) is 22.1 Å². The second-order valence-electron chi connectivity index (χ2n) is 14.0. The van der Waals surface area contributed by atoms with Crippen LogP contribution in [0.15, 0.2) is 183 Å². The van der Waals surface area contributed by atoms with Crippen LogP contribution in [0.4, 0.5) is 0 Å². The van der Waals surface area contributed by atoms with Gasteiger partial charge in [-0.25, -0.2) is 9.97 Å². The van der Waals surface area contributed by atoms with E-state index in [1.807, 2.05) is 36.9 Å². The minimum absolute atomic E-state index is 0.953.